The lowest BCUT2D eigenvalue weighted by atomic mass is 10.0. The SMILES string of the molecule is COC(=O)C(CC(C)C)NC(=O)c1ccc(CN)cc1.Cl. The summed E-state index contributed by atoms with van der Waals surface area (Å²) in [6.45, 7) is 4.40. The van der Waals surface area contributed by atoms with Crippen LogP contribution in [0.15, 0.2) is 24.3 Å². The summed E-state index contributed by atoms with van der Waals surface area (Å²) in [6.07, 6.45) is 0.541. The first-order valence-corrected chi connectivity index (χ1v) is 6.65. The van der Waals surface area contributed by atoms with Gasteiger partial charge in [-0.25, -0.2) is 4.79 Å². The van der Waals surface area contributed by atoms with Gasteiger partial charge in [0.05, 0.1) is 7.11 Å². The van der Waals surface area contributed by atoms with Crippen LogP contribution < -0.4 is 11.1 Å². The third-order valence-corrected chi connectivity index (χ3v) is 2.95. The van der Waals surface area contributed by atoms with Crippen LogP contribution in [0.3, 0.4) is 0 Å². The fourth-order valence-corrected chi connectivity index (χ4v) is 1.86. The van der Waals surface area contributed by atoms with Gasteiger partial charge in [0.15, 0.2) is 0 Å². The molecule has 0 aliphatic heterocycles. The summed E-state index contributed by atoms with van der Waals surface area (Å²) in [6, 6.07) is 6.36. The molecule has 0 radical (unpaired) electrons. The quantitative estimate of drug-likeness (QED) is 0.786. The number of nitrogens with two attached hydrogens (primary N) is 1. The van der Waals surface area contributed by atoms with E-state index in [2.05, 4.69) is 5.32 Å². The van der Waals surface area contributed by atoms with Gasteiger partial charge in [-0.15, -0.1) is 12.4 Å². The first kappa shape index (κ1) is 19.4. The molecule has 0 aliphatic carbocycles. The molecule has 1 aromatic rings. The van der Waals surface area contributed by atoms with Gasteiger partial charge in [-0.1, -0.05) is 26.0 Å². The molecule has 3 N–H and O–H groups in total. The number of amides is 1. The predicted octanol–water partition coefficient (Wildman–Crippen LogP) is 1.88. The van der Waals surface area contributed by atoms with Crippen LogP contribution in [-0.4, -0.2) is 25.0 Å². The molecule has 21 heavy (non-hydrogen) atoms. The highest BCUT2D eigenvalue weighted by Gasteiger charge is 2.23. The molecule has 0 fully saturated rings. The van der Waals surface area contributed by atoms with E-state index in [9.17, 15) is 9.59 Å². The molecule has 1 amide bonds. The lowest BCUT2D eigenvalue weighted by molar-refractivity contribution is -0.143. The topological polar surface area (TPSA) is 81.4 Å². The van der Waals surface area contributed by atoms with Gasteiger partial charge in [0.25, 0.3) is 5.91 Å². The van der Waals surface area contributed by atoms with E-state index in [1.807, 2.05) is 13.8 Å². The maximum absolute atomic E-state index is 12.1. The normalized spacial score (nSPS) is 11.5. The summed E-state index contributed by atoms with van der Waals surface area (Å²) in [5.41, 5.74) is 6.96. The highest BCUT2D eigenvalue weighted by Crippen LogP contribution is 2.09. The predicted molar refractivity (Wildman–Crippen MR) is 84.3 cm³/mol. The number of hydrogen-bond donors (Lipinski definition) is 2. The Balaban J connectivity index is 0.00000400. The molecule has 0 saturated heterocycles. The van der Waals surface area contributed by atoms with Gasteiger partial charge >= 0.3 is 5.97 Å². The Morgan fingerprint density at radius 3 is 2.24 bits per heavy atom. The van der Waals surface area contributed by atoms with Crippen LogP contribution in [0, 0.1) is 5.92 Å². The van der Waals surface area contributed by atoms with Crippen molar-refractivity contribution in [2.24, 2.45) is 11.7 Å². The minimum atomic E-state index is -0.623. The van der Waals surface area contributed by atoms with Gasteiger partial charge in [0.2, 0.25) is 0 Å². The van der Waals surface area contributed by atoms with Crippen LogP contribution in [0.1, 0.15) is 36.2 Å². The number of benzene rings is 1. The number of rotatable bonds is 6. The van der Waals surface area contributed by atoms with Crippen molar-refractivity contribution in [3.05, 3.63) is 35.4 Å². The molecule has 1 aromatic carbocycles. The molecule has 5 nitrogen and oxygen atoms in total. The molecule has 0 aliphatic rings. The van der Waals surface area contributed by atoms with E-state index in [1.54, 1.807) is 24.3 Å². The van der Waals surface area contributed by atoms with E-state index in [0.717, 1.165) is 5.56 Å². The minimum absolute atomic E-state index is 0. The highest BCUT2D eigenvalue weighted by molar-refractivity contribution is 5.96. The lowest BCUT2D eigenvalue weighted by Crippen LogP contribution is -2.42. The fraction of sp³-hybridized carbons (Fsp3) is 0.467. The molecule has 1 rings (SSSR count). The van der Waals surface area contributed by atoms with E-state index in [-0.39, 0.29) is 24.2 Å². The number of hydrogen-bond acceptors (Lipinski definition) is 4. The van der Waals surface area contributed by atoms with Crippen LogP contribution in [0.4, 0.5) is 0 Å². The van der Waals surface area contributed by atoms with Crippen LogP contribution in [0.25, 0.3) is 0 Å². The van der Waals surface area contributed by atoms with E-state index in [0.29, 0.717) is 18.5 Å². The molecule has 118 valence electrons. The zero-order valence-corrected chi connectivity index (χ0v) is 13.4. The van der Waals surface area contributed by atoms with E-state index >= 15 is 0 Å². The van der Waals surface area contributed by atoms with Crippen LogP contribution in [-0.2, 0) is 16.1 Å². The fourth-order valence-electron chi connectivity index (χ4n) is 1.86. The Hall–Kier alpha value is -1.59. The largest absolute Gasteiger partial charge is 0.467 e. The third kappa shape index (κ3) is 6.14. The molecule has 0 saturated carbocycles. The van der Waals surface area contributed by atoms with Gasteiger partial charge in [0.1, 0.15) is 6.04 Å². The average molecular weight is 315 g/mol. The van der Waals surface area contributed by atoms with Crippen molar-refractivity contribution in [2.75, 3.05) is 7.11 Å². The second-order valence-corrected chi connectivity index (χ2v) is 5.08. The standard InChI is InChI=1S/C15H22N2O3.ClH/c1-10(2)8-13(15(19)20-3)17-14(18)12-6-4-11(9-16)5-7-12;/h4-7,10,13H,8-9,16H2,1-3H3,(H,17,18);1H. The van der Waals surface area contributed by atoms with Crippen molar-refractivity contribution in [1.82, 2.24) is 5.32 Å². The summed E-state index contributed by atoms with van der Waals surface area (Å²) in [4.78, 5) is 23.8. The number of carbonyl (C=O) groups is 2. The van der Waals surface area contributed by atoms with E-state index in [1.165, 1.54) is 7.11 Å². The summed E-state index contributed by atoms with van der Waals surface area (Å²) >= 11 is 0. The number of esters is 1. The lowest BCUT2D eigenvalue weighted by Gasteiger charge is -2.18. The van der Waals surface area contributed by atoms with Crippen molar-refractivity contribution in [1.29, 1.82) is 0 Å². The first-order valence-electron chi connectivity index (χ1n) is 6.65. The summed E-state index contributed by atoms with van der Waals surface area (Å²) < 4.78 is 4.72. The van der Waals surface area contributed by atoms with Gasteiger partial charge in [0, 0.05) is 12.1 Å². The second kappa shape index (κ2) is 9.37. The molecular formula is C15H23ClN2O3. The van der Waals surface area contributed by atoms with E-state index in [4.69, 9.17) is 10.5 Å². The Labute approximate surface area is 131 Å². The number of ether oxygens (including phenoxy) is 1. The van der Waals surface area contributed by atoms with Crippen molar-refractivity contribution in [3.63, 3.8) is 0 Å². The minimum Gasteiger partial charge on any atom is -0.467 e. The Bertz CT molecular complexity index is 460. The van der Waals surface area contributed by atoms with Gasteiger partial charge in [-0.2, -0.15) is 0 Å². The monoisotopic (exact) mass is 314 g/mol. The number of nitrogens with one attached hydrogen (secondary N) is 1. The van der Waals surface area contributed by atoms with Crippen molar-refractivity contribution >= 4 is 24.3 Å². The molecule has 0 bridgehead atoms. The van der Waals surface area contributed by atoms with E-state index < -0.39 is 12.0 Å². The molecule has 6 heteroatoms. The molecule has 0 spiro atoms. The number of halogens is 1. The van der Waals surface area contributed by atoms with Gasteiger partial charge < -0.3 is 15.8 Å². The first-order chi connectivity index (χ1) is 9.47. The molecular weight excluding hydrogens is 292 g/mol. The summed E-state index contributed by atoms with van der Waals surface area (Å²) in [5.74, 6) is -0.436. The van der Waals surface area contributed by atoms with Crippen molar-refractivity contribution in [2.45, 2.75) is 32.9 Å². The number of methoxy groups -OCH3 is 1. The Kier molecular flexibility index (Phi) is 8.66. The average Bonchev–Trinajstić information content (AvgIpc) is 2.45. The summed E-state index contributed by atoms with van der Waals surface area (Å²) in [7, 11) is 1.32. The summed E-state index contributed by atoms with van der Waals surface area (Å²) in [5, 5.41) is 2.71. The van der Waals surface area contributed by atoms with Crippen molar-refractivity contribution < 1.29 is 14.3 Å². The Morgan fingerprint density at radius 2 is 1.81 bits per heavy atom. The molecule has 0 heterocycles. The molecule has 1 atom stereocenters. The van der Waals surface area contributed by atoms with Crippen LogP contribution >= 0.6 is 12.4 Å². The van der Waals surface area contributed by atoms with Crippen LogP contribution in [0.2, 0.25) is 0 Å². The zero-order valence-electron chi connectivity index (χ0n) is 12.6. The third-order valence-electron chi connectivity index (χ3n) is 2.95. The Morgan fingerprint density at radius 1 is 1.24 bits per heavy atom. The van der Waals surface area contributed by atoms with Crippen molar-refractivity contribution in [3.8, 4) is 0 Å². The van der Waals surface area contributed by atoms with Crippen LogP contribution in [0.5, 0.6) is 0 Å². The zero-order chi connectivity index (χ0) is 15.1. The molecule has 1 unspecified atom stereocenters. The second-order valence-electron chi connectivity index (χ2n) is 5.08. The molecule has 0 aromatic heterocycles. The smallest absolute Gasteiger partial charge is 0.328 e. The highest BCUT2D eigenvalue weighted by atomic mass is 35.5. The maximum Gasteiger partial charge on any atom is 0.328 e. The number of carbonyl (C=O) groups excluding carboxylic acids is 2. The van der Waals surface area contributed by atoms with Gasteiger partial charge in [-0.3, -0.25) is 4.79 Å². The van der Waals surface area contributed by atoms with Gasteiger partial charge in [-0.05, 0) is 30.0 Å². The maximum atomic E-state index is 12.1.